The molecule has 2 aromatic heterocycles. The molecule has 0 saturated carbocycles. The summed E-state index contributed by atoms with van der Waals surface area (Å²) in [5.74, 6) is 0. The average Bonchev–Trinajstić information content (AvgIpc) is 2.62. The van der Waals surface area contributed by atoms with Crippen LogP contribution in [0.15, 0.2) is 30.9 Å². The van der Waals surface area contributed by atoms with Crippen molar-refractivity contribution in [2.24, 2.45) is 0 Å². The molecule has 0 saturated heterocycles. The standard InChI is InChI=1S/C9H8IN3.HI/c1-7-5-11-6-8(9(7)10)13-4-2-3-12-13;/h2-6H,1H3;1H. The quantitative estimate of drug-likeness (QED) is 0.530. The fraction of sp³-hybridized carbons (Fsp3) is 0.111. The summed E-state index contributed by atoms with van der Waals surface area (Å²) in [5, 5.41) is 3.09. The van der Waals surface area contributed by atoms with E-state index in [0.29, 0.717) is 0 Å². The Hall–Kier alpha value is -0.180. The molecule has 0 aromatic carbocycles. The van der Waals surface area contributed by atoms with Crippen molar-refractivity contribution in [3.63, 3.8) is 0 Å². The Balaban J connectivity index is 0.000000980. The minimum Gasteiger partial charge on any atom is -1.00 e. The van der Waals surface area contributed by atoms with Crippen LogP contribution in [-0.4, -0.2) is 9.67 Å². The fourth-order valence-electron chi connectivity index (χ4n) is 1.15. The first-order valence-corrected chi connectivity index (χ1v) is 5.02. The maximum atomic E-state index is 4.16. The third-order valence-electron chi connectivity index (χ3n) is 1.84. The van der Waals surface area contributed by atoms with Gasteiger partial charge in [-0.15, -0.1) is 9.78 Å². The van der Waals surface area contributed by atoms with E-state index < -0.39 is 0 Å². The molecule has 2 heterocycles. The highest BCUT2D eigenvalue weighted by Crippen LogP contribution is 2.17. The van der Waals surface area contributed by atoms with Gasteiger partial charge in [0.1, 0.15) is 5.69 Å². The highest BCUT2D eigenvalue weighted by atomic mass is 127. The topological polar surface area (TPSA) is 32.0 Å². The molecule has 1 N–H and O–H groups in total. The first-order chi connectivity index (χ1) is 6.29. The summed E-state index contributed by atoms with van der Waals surface area (Å²) in [6, 6.07) is 1.96. The van der Waals surface area contributed by atoms with Gasteiger partial charge in [0, 0.05) is 15.8 Å². The third kappa shape index (κ3) is 2.25. The molecule has 0 bridgehead atoms. The van der Waals surface area contributed by atoms with Crippen LogP contribution in [0.2, 0.25) is 0 Å². The van der Waals surface area contributed by atoms with Gasteiger partial charge in [-0.05, 0) is 35.1 Å². The molecule has 2 aromatic rings. The molecule has 0 amide bonds. The van der Waals surface area contributed by atoms with E-state index >= 15 is 0 Å². The molecule has 0 radical (unpaired) electrons. The number of pyridine rings is 1. The van der Waals surface area contributed by atoms with E-state index in [-0.39, 0.29) is 24.0 Å². The molecule has 2 rings (SSSR count). The molecular formula is C9H9I2N3. The van der Waals surface area contributed by atoms with Crippen LogP contribution < -0.4 is 29.1 Å². The number of aromatic amines is 1. The summed E-state index contributed by atoms with van der Waals surface area (Å²) in [7, 11) is 0. The van der Waals surface area contributed by atoms with Crippen LogP contribution in [0.1, 0.15) is 5.56 Å². The lowest BCUT2D eigenvalue weighted by Crippen LogP contribution is -3.00. The first-order valence-electron chi connectivity index (χ1n) is 3.94. The van der Waals surface area contributed by atoms with Crippen LogP contribution >= 0.6 is 22.6 Å². The minimum absolute atomic E-state index is 0. The number of rotatable bonds is 1. The molecule has 14 heavy (non-hydrogen) atoms. The van der Waals surface area contributed by atoms with Crippen LogP contribution in [0, 0.1) is 10.5 Å². The van der Waals surface area contributed by atoms with Crippen molar-refractivity contribution < 1.29 is 29.1 Å². The van der Waals surface area contributed by atoms with Crippen molar-refractivity contribution in [3.05, 3.63) is 40.0 Å². The molecule has 0 aliphatic rings. The fourth-order valence-corrected chi connectivity index (χ4v) is 1.69. The predicted octanol–water partition coefficient (Wildman–Crippen LogP) is -1.40. The average molecular weight is 413 g/mol. The Morgan fingerprint density at radius 2 is 2.21 bits per heavy atom. The van der Waals surface area contributed by atoms with Crippen LogP contribution in [0.25, 0.3) is 5.69 Å². The van der Waals surface area contributed by atoms with Crippen LogP contribution in [0.3, 0.4) is 0 Å². The molecule has 0 atom stereocenters. The zero-order valence-electron chi connectivity index (χ0n) is 7.54. The van der Waals surface area contributed by atoms with E-state index in [0.717, 1.165) is 5.69 Å². The van der Waals surface area contributed by atoms with Gasteiger partial charge in [-0.25, -0.2) is 0 Å². The minimum atomic E-state index is 0. The van der Waals surface area contributed by atoms with Crippen LogP contribution in [0.4, 0.5) is 0 Å². The van der Waals surface area contributed by atoms with Crippen molar-refractivity contribution in [1.82, 2.24) is 9.67 Å². The Morgan fingerprint density at radius 1 is 1.43 bits per heavy atom. The Labute approximate surface area is 113 Å². The van der Waals surface area contributed by atoms with Gasteiger partial charge in [-0.2, -0.15) is 0 Å². The van der Waals surface area contributed by atoms with Gasteiger partial charge in [-0.3, -0.25) is 4.98 Å². The van der Waals surface area contributed by atoms with Gasteiger partial charge in [0.2, 0.25) is 0 Å². The van der Waals surface area contributed by atoms with Crippen LogP contribution in [-0.2, 0) is 0 Å². The molecule has 74 valence electrons. The van der Waals surface area contributed by atoms with Gasteiger partial charge in [0.15, 0.2) is 6.20 Å². The second-order valence-electron chi connectivity index (χ2n) is 2.80. The largest absolute Gasteiger partial charge is 1.00 e. The lowest BCUT2D eigenvalue weighted by Gasteiger charge is -2.01. The van der Waals surface area contributed by atoms with E-state index in [1.807, 2.05) is 35.5 Å². The molecule has 5 heteroatoms. The molecule has 0 unspecified atom stereocenters. The van der Waals surface area contributed by atoms with E-state index in [1.54, 1.807) is 0 Å². The predicted molar refractivity (Wildman–Crippen MR) is 57.6 cm³/mol. The number of aryl methyl sites for hydroxylation is 1. The van der Waals surface area contributed by atoms with Crippen molar-refractivity contribution in [2.75, 3.05) is 0 Å². The Bertz CT molecular complexity index is 412. The van der Waals surface area contributed by atoms with Crippen molar-refractivity contribution in [2.45, 2.75) is 6.92 Å². The monoisotopic (exact) mass is 413 g/mol. The molecule has 3 nitrogen and oxygen atoms in total. The third-order valence-corrected chi connectivity index (χ3v) is 3.24. The zero-order valence-corrected chi connectivity index (χ0v) is 11.9. The van der Waals surface area contributed by atoms with E-state index in [2.05, 4.69) is 39.6 Å². The number of H-pyrrole nitrogens is 1. The maximum absolute atomic E-state index is 4.16. The van der Waals surface area contributed by atoms with Gasteiger partial charge in [-0.1, -0.05) is 0 Å². The van der Waals surface area contributed by atoms with Crippen molar-refractivity contribution >= 4 is 22.6 Å². The molecule has 0 fully saturated rings. The number of halogens is 2. The normalized spacial score (nSPS) is 9.57. The second-order valence-corrected chi connectivity index (χ2v) is 3.88. The zero-order chi connectivity index (χ0) is 9.26. The highest BCUT2D eigenvalue weighted by molar-refractivity contribution is 14.1. The lowest BCUT2D eigenvalue weighted by molar-refractivity contribution is -0.474. The second kappa shape index (κ2) is 5.06. The number of hydrogen-bond acceptors (Lipinski definition) is 1. The summed E-state index contributed by atoms with van der Waals surface area (Å²) in [6.45, 7) is 2.06. The van der Waals surface area contributed by atoms with E-state index in [4.69, 9.17) is 0 Å². The summed E-state index contributed by atoms with van der Waals surface area (Å²) < 4.78 is 3.17. The SMILES string of the molecule is Cc1cncc(-n2ccc[nH+]2)c1I.[I-]. The molecule has 0 spiro atoms. The lowest BCUT2D eigenvalue weighted by atomic mass is 10.3. The van der Waals surface area contributed by atoms with Gasteiger partial charge in [0.25, 0.3) is 0 Å². The molecule has 0 aliphatic carbocycles. The number of nitrogens with one attached hydrogen (secondary N) is 1. The smallest absolute Gasteiger partial charge is 0.193 e. The highest BCUT2D eigenvalue weighted by Gasteiger charge is 2.07. The molecular weight excluding hydrogens is 404 g/mol. The Morgan fingerprint density at radius 3 is 2.86 bits per heavy atom. The number of nitrogens with zero attached hydrogens (tertiary/aromatic N) is 2. The summed E-state index contributed by atoms with van der Waals surface area (Å²) >= 11 is 2.33. The van der Waals surface area contributed by atoms with Crippen LogP contribution in [0.5, 0.6) is 0 Å². The Kier molecular flexibility index (Phi) is 4.30. The van der Waals surface area contributed by atoms with Gasteiger partial charge < -0.3 is 24.0 Å². The van der Waals surface area contributed by atoms with Crippen molar-refractivity contribution in [3.8, 4) is 5.69 Å². The van der Waals surface area contributed by atoms with E-state index in [9.17, 15) is 0 Å². The van der Waals surface area contributed by atoms with Crippen molar-refractivity contribution in [1.29, 1.82) is 0 Å². The number of aromatic nitrogens is 3. The molecule has 0 aliphatic heterocycles. The maximum Gasteiger partial charge on any atom is 0.193 e. The summed E-state index contributed by atoms with van der Waals surface area (Å²) in [6.07, 6.45) is 7.58. The van der Waals surface area contributed by atoms with E-state index in [1.165, 1.54) is 9.13 Å². The van der Waals surface area contributed by atoms with Gasteiger partial charge in [0.05, 0.1) is 12.4 Å². The number of hydrogen-bond donors (Lipinski definition) is 0. The first kappa shape index (κ1) is 11.9. The summed E-state index contributed by atoms with van der Waals surface area (Å²) in [4.78, 5) is 4.16. The summed E-state index contributed by atoms with van der Waals surface area (Å²) in [5.41, 5.74) is 2.28. The van der Waals surface area contributed by atoms with Gasteiger partial charge >= 0.3 is 0 Å².